The number of rotatable bonds is 17. The highest BCUT2D eigenvalue weighted by Gasteiger charge is 2.50. The Bertz CT molecular complexity index is 1320. The van der Waals surface area contributed by atoms with Gasteiger partial charge < -0.3 is 43.4 Å². The zero-order valence-corrected chi connectivity index (χ0v) is 24.7. The van der Waals surface area contributed by atoms with Gasteiger partial charge >= 0.3 is 11.9 Å². The van der Waals surface area contributed by atoms with Gasteiger partial charge in [0, 0.05) is 19.4 Å². The van der Waals surface area contributed by atoms with Gasteiger partial charge in [0.05, 0.1) is 6.04 Å². The highest BCUT2D eigenvalue weighted by Crippen LogP contribution is 2.18. The number of aliphatic carboxylic acids is 2. The molecule has 0 unspecified atom stereocenters. The lowest BCUT2D eigenvalue weighted by Gasteiger charge is -2.33. The second-order valence-corrected chi connectivity index (χ2v) is 10.7. The topological polar surface area (TPSA) is 252 Å². The third kappa shape index (κ3) is 10.4. The minimum Gasteiger partial charge on any atom is -0.480 e. The highest BCUT2D eigenvalue weighted by atomic mass is 16.4. The van der Waals surface area contributed by atoms with Crippen molar-refractivity contribution < 1.29 is 34.2 Å². The van der Waals surface area contributed by atoms with E-state index in [1.807, 2.05) is 0 Å². The van der Waals surface area contributed by atoms with Crippen molar-refractivity contribution in [3.63, 3.8) is 0 Å². The molecular formula is C30H41N7O7. The molecule has 0 fully saturated rings. The Hall–Kier alpha value is -4.98. The first-order chi connectivity index (χ1) is 20.8. The first-order valence-electron chi connectivity index (χ1n) is 14.0. The SMILES string of the molecule is CC(C)[C@H](NC(=O)[C@@H](N)CCCN=C(N)N)C(=O)N[C@](Cc1ccccc1)(C(=O)O)C(=O)N[C@@H](Cc1ccccc1)C(=O)O. The summed E-state index contributed by atoms with van der Waals surface area (Å²) in [7, 11) is 0. The molecule has 0 spiro atoms. The van der Waals surface area contributed by atoms with E-state index in [2.05, 4.69) is 20.9 Å². The van der Waals surface area contributed by atoms with Crippen molar-refractivity contribution in [2.45, 2.75) is 63.2 Å². The Balaban J connectivity index is 2.37. The summed E-state index contributed by atoms with van der Waals surface area (Å²) < 4.78 is 0. The molecule has 44 heavy (non-hydrogen) atoms. The van der Waals surface area contributed by atoms with Gasteiger partial charge in [-0.3, -0.25) is 19.4 Å². The summed E-state index contributed by atoms with van der Waals surface area (Å²) in [4.78, 5) is 69.0. The quantitative estimate of drug-likeness (QED) is 0.0492. The first kappa shape index (κ1) is 35.2. The molecule has 2 rings (SSSR count). The minimum absolute atomic E-state index is 0.101. The number of hydrogen-bond acceptors (Lipinski definition) is 7. The molecule has 3 amide bonds. The van der Waals surface area contributed by atoms with Crippen molar-refractivity contribution in [1.82, 2.24) is 16.0 Å². The summed E-state index contributed by atoms with van der Waals surface area (Å²) >= 11 is 0. The molecule has 0 bridgehead atoms. The van der Waals surface area contributed by atoms with Crippen LogP contribution in [0.1, 0.15) is 37.8 Å². The summed E-state index contributed by atoms with van der Waals surface area (Å²) in [6.45, 7) is 3.48. The molecule has 0 heterocycles. The zero-order chi connectivity index (χ0) is 32.9. The molecule has 11 N–H and O–H groups in total. The summed E-state index contributed by atoms with van der Waals surface area (Å²) in [5.41, 5.74) is 14.9. The van der Waals surface area contributed by atoms with Gasteiger partial charge in [0.25, 0.3) is 5.91 Å². The predicted octanol–water partition coefficient (Wildman–Crippen LogP) is -0.497. The smallest absolute Gasteiger partial charge is 0.339 e. The number of nitrogens with one attached hydrogen (secondary N) is 3. The summed E-state index contributed by atoms with van der Waals surface area (Å²) in [5.74, 6) is -6.65. The van der Waals surface area contributed by atoms with Crippen LogP contribution in [0, 0.1) is 5.92 Å². The molecule has 0 saturated carbocycles. The zero-order valence-electron chi connectivity index (χ0n) is 24.7. The van der Waals surface area contributed by atoms with E-state index >= 15 is 0 Å². The third-order valence-electron chi connectivity index (χ3n) is 6.84. The Labute approximate surface area is 255 Å². The molecule has 0 aliphatic heterocycles. The van der Waals surface area contributed by atoms with Gasteiger partial charge in [-0.2, -0.15) is 0 Å². The van der Waals surface area contributed by atoms with Crippen molar-refractivity contribution in [2.75, 3.05) is 6.54 Å². The van der Waals surface area contributed by atoms with Crippen molar-refractivity contribution in [3.8, 4) is 0 Å². The van der Waals surface area contributed by atoms with Gasteiger partial charge in [-0.1, -0.05) is 74.5 Å². The Morgan fingerprint density at radius 3 is 1.93 bits per heavy atom. The van der Waals surface area contributed by atoms with Crippen LogP contribution >= 0.6 is 0 Å². The van der Waals surface area contributed by atoms with Crippen molar-refractivity contribution >= 4 is 35.6 Å². The lowest BCUT2D eigenvalue weighted by atomic mass is 9.88. The van der Waals surface area contributed by atoms with Crippen LogP contribution < -0.4 is 33.2 Å². The summed E-state index contributed by atoms with van der Waals surface area (Å²) in [5, 5.41) is 27.5. The number of carbonyl (C=O) groups is 5. The number of hydrogen-bond donors (Lipinski definition) is 8. The van der Waals surface area contributed by atoms with E-state index < -0.39 is 65.7 Å². The molecule has 2 aromatic carbocycles. The van der Waals surface area contributed by atoms with Crippen LogP contribution in [0.15, 0.2) is 65.7 Å². The van der Waals surface area contributed by atoms with E-state index in [1.54, 1.807) is 74.5 Å². The number of carbonyl (C=O) groups excluding carboxylic acids is 3. The maximum absolute atomic E-state index is 13.8. The largest absolute Gasteiger partial charge is 0.480 e. The number of nitrogens with zero attached hydrogens (tertiary/aromatic N) is 1. The van der Waals surface area contributed by atoms with E-state index in [0.29, 0.717) is 17.5 Å². The van der Waals surface area contributed by atoms with E-state index in [0.717, 1.165) is 0 Å². The number of carboxylic acids is 2. The van der Waals surface area contributed by atoms with Crippen LogP contribution in [0.2, 0.25) is 0 Å². The van der Waals surface area contributed by atoms with Crippen molar-refractivity contribution in [1.29, 1.82) is 0 Å². The average molecular weight is 612 g/mol. The van der Waals surface area contributed by atoms with Crippen molar-refractivity contribution in [3.05, 3.63) is 71.8 Å². The first-order valence-corrected chi connectivity index (χ1v) is 14.0. The van der Waals surface area contributed by atoms with Crippen LogP contribution in [-0.2, 0) is 36.8 Å². The normalized spacial score (nSPS) is 14.3. The third-order valence-corrected chi connectivity index (χ3v) is 6.84. The molecule has 0 aromatic heterocycles. The molecule has 0 saturated heterocycles. The summed E-state index contributed by atoms with van der Waals surface area (Å²) in [6.07, 6.45) is -0.0647. The van der Waals surface area contributed by atoms with Crippen LogP contribution in [0.4, 0.5) is 0 Å². The maximum Gasteiger partial charge on any atom is 0.339 e. The Morgan fingerprint density at radius 1 is 0.864 bits per heavy atom. The lowest BCUT2D eigenvalue weighted by Crippen LogP contribution is -2.69. The Morgan fingerprint density at radius 2 is 1.43 bits per heavy atom. The number of carboxylic acid groups (broad SMARTS) is 2. The predicted molar refractivity (Wildman–Crippen MR) is 163 cm³/mol. The number of amides is 3. The van der Waals surface area contributed by atoms with Gasteiger partial charge in [-0.15, -0.1) is 0 Å². The molecule has 0 radical (unpaired) electrons. The lowest BCUT2D eigenvalue weighted by molar-refractivity contribution is -0.156. The second kappa shape index (κ2) is 16.6. The monoisotopic (exact) mass is 611 g/mol. The second-order valence-electron chi connectivity index (χ2n) is 10.7. The maximum atomic E-state index is 13.8. The van der Waals surface area contributed by atoms with Crippen LogP contribution in [-0.4, -0.2) is 76.0 Å². The molecule has 14 nitrogen and oxygen atoms in total. The molecule has 238 valence electrons. The fraction of sp³-hybridized carbons (Fsp3) is 0.400. The number of benzene rings is 2. The van der Waals surface area contributed by atoms with Crippen LogP contribution in [0.25, 0.3) is 0 Å². The molecule has 0 aliphatic rings. The fourth-order valence-electron chi connectivity index (χ4n) is 4.37. The van der Waals surface area contributed by atoms with E-state index in [-0.39, 0.29) is 25.3 Å². The summed E-state index contributed by atoms with van der Waals surface area (Å²) in [6, 6.07) is 12.7. The van der Waals surface area contributed by atoms with Gasteiger partial charge in [0.1, 0.15) is 12.1 Å². The van der Waals surface area contributed by atoms with Gasteiger partial charge in [-0.05, 0) is 29.9 Å². The van der Waals surface area contributed by atoms with Crippen LogP contribution in [0.3, 0.4) is 0 Å². The number of nitrogens with two attached hydrogens (primary N) is 3. The molecule has 4 atom stereocenters. The molecular weight excluding hydrogens is 570 g/mol. The average Bonchev–Trinajstić information content (AvgIpc) is 2.97. The number of guanidine groups is 1. The van der Waals surface area contributed by atoms with Gasteiger partial charge in [0.15, 0.2) is 5.96 Å². The standard InChI is InChI=1S/C30H41N7O7/c1-18(2)23(36-24(38)21(31)14-9-15-34-29(32)33)25(39)37-30(28(43)44,17-20-12-7-4-8-13-20)27(42)35-22(26(40)41)16-19-10-5-3-6-11-19/h3-8,10-13,18,21-23H,9,14-17,31H2,1-2H3,(H,35,42)(H,36,38)(H,37,39)(H,40,41)(H,43,44)(H4,32,33,34)/t21-,22-,23-,30-/m0/s1. The van der Waals surface area contributed by atoms with Gasteiger partial charge in [0.2, 0.25) is 17.4 Å². The van der Waals surface area contributed by atoms with Crippen molar-refractivity contribution in [2.24, 2.45) is 28.1 Å². The molecule has 2 aromatic rings. The van der Waals surface area contributed by atoms with E-state index in [4.69, 9.17) is 17.2 Å². The van der Waals surface area contributed by atoms with E-state index in [9.17, 15) is 34.2 Å². The fourth-order valence-corrected chi connectivity index (χ4v) is 4.37. The molecule has 0 aliphatic carbocycles. The van der Waals surface area contributed by atoms with E-state index in [1.165, 1.54) is 0 Å². The molecule has 14 heteroatoms. The van der Waals surface area contributed by atoms with Gasteiger partial charge in [-0.25, -0.2) is 9.59 Å². The highest BCUT2D eigenvalue weighted by molar-refractivity contribution is 6.11. The Kier molecular flexibility index (Phi) is 13.3. The van der Waals surface area contributed by atoms with Crippen LogP contribution in [0.5, 0.6) is 0 Å². The minimum atomic E-state index is -2.64. The number of aliphatic imine (C=N–C) groups is 1.